The molecule has 1 atom stereocenters. The van der Waals surface area contributed by atoms with Gasteiger partial charge >= 0.3 is 0 Å². The molecule has 1 unspecified atom stereocenters. The molecule has 0 aliphatic heterocycles. The highest BCUT2D eigenvalue weighted by Gasteiger charge is 2.03. The molecule has 0 N–H and O–H groups in total. The molecule has 67 valence electrons. The minimum Gasteiger partial charge on any atom is -0.0654 e. The van der Waals surface area contributed by atoms with Gasteiger partial charge in [-0.3, -0.25) is 0 Å². The number of rotatable bonds is 7. The van der Waals surface area contributed by atoms with E-state index in [-0.39, 0.29) is 0 Å². The van der Waals surface area contributed by atoms with E-state index in [1.807, 2.05) is 0 Å². The SMILES string of the molecule is CC[CH]CCC(CC)CCC. The average molecular weight is 155 g/mol. The summed E-state index contributed by atoms with van der Waals surface area (Å²) < 4.78 is 0. The second-order valence-corrected chi connectivity index (χ2v) is 3.34. The summed E-state index contributed by atoms with van der Waals surface area (Å²) in [5, 5.41) is 0. The van der Waals surface area contributed by atoms with E-state index < -0.39 is 0 Å². The lowest BCUT2D eigenvalue weighted by molar-refractivity contribution is 0.429. The summed E-state index contributed by atoms with van der Waals surface area (Å²) in [5.74, 6) is 0.989. The van der Waals surface area contributed by atoms with Crippen LogP contribution in [-0.2, 0) is 0 Å². The van der Waals surface area contributed by atoms with Crippen molar-refractivity contribution >= 4 is 0 Å². The zero-order valence-electron chi connectivity index (χ0n) is 8.40. The summed E-state index contributed by atoms with van der Waals surface area (Å²) in [7, 11) is 0. The van der Waals surface area contributed by atoms with Gasteiger partial charge in [0.25, 0.3) is 0 Å². The van der Waals surface area contributed by atoms with Gasteiger partial charge in [0.1, 0.15) is 0 Å². The summed E-state index contributed by atoms with van der Waals surface area (Å²) in [6.45, 7) is 6.82. The van der Waals surface area contributed by atoms with E-state index in [0.717, 1.165) is 5.92 Å². The first-order valence-corrected chi connectivity index (χ1v) is 5.16. The molecule has 1 radical (unpaired) electrons. The zero-order chi connectivity index (χ0) is 8.53. The van der Waals surface area contributed by atoms with Crippen molar-refractivity contribution in [3.63, 3.8) is 0 Å². The molecule has 0 aromatic carbocycles. The van der Waals surface area contributed by atoms with Crippen molar-refractivity contribution in [3.05, 3.63) is 6.42 Å². The number of hydrogen-bond donors (Lipinski definition) is 0. The highest BCUT2D eigenvalue weighted by molar-refractivity contribution is 4.65. The first kappa shape index (κ1) is 11.0. The summed E-state index contributed by atoms with van der Waals surface area (Å²) in [6.07, 6.45) is 10.5. The zero-order valence-corrected chi connectivity index (χ0v) is 8.40. The molecule has 0 rings (SSSR count). The van der Waals surface area contributed by atoms with Crippen molar-refractivity contribution in [2.75, 3.05) is 0 Å². The fraction of sp³-hybridized carbons (Fsp3) is 0.909. The second kappa shape index (κ2) is 8.10. The van der Waals surface area contributed by atoms with E-state index in [1.165, 1.54) is 38.5 Å². The van der Waals surface area contributed by atoms with Gasteiger partial charge in [-0.2, -0.15) is 0 Å². The summed E-state index contributed by atoms with van der Waals surface area (Å²) >= 11 is 0. The van der Waals surface area contributed by atoms with E-state index in [1.54, 1.807) is 0 Å². The minimum absolute atomic E-state index is 0.989. The van der Waals surface area contributed by atoms with Crippen molar-refractivity contribution in [2.45, 2.75) is 59.3 Å². The van der Waals surface area contributed by atoms with E-state index in [2.05, 4.69) is 27.2 Å². The maximum atomic E-state index is 2.40. The smallest absolute Gasteiger partial charge is 0.0388 e. The van der Waals surface area contributed by atoms with E-state index >= 15 is 0 Å². The van der Waals surface area contributed by atoms with Gasteiger partial charge in [-0.15, -0.1) is 0 Å². The molecule has 0 amide bonds. The van der Waals surface area contributed by atoms with Crippen LogP contribution in [0.2, 0.25) is 0 Å². The van der Waals surface area contributed by atoms with Gasteiger partial charge in [0.15, 0.2) is 0 Å². The highest BCUT2D eigenvalue weighted by atomic mass is 14.1. The minimum atomic E-state index is 0.989. The van der Waals surface area contributed by atoms with E-state index in [4.69, 9.17) is 0 Å². The predicted octanol–water partition coefficient (Wildman–Crippen LogP) is 4.21. The lowest BCUT2D eigenvalue weighted by atomic mass is 9.94. The number of hydrogen-bond acceptors (Lipinski definition) is 0. The molecule has 0 aliphatic rings. The first-order valence-electron chi connectivity index (χ1n) is 5.16. The van der Waals surface area contributed by atoms with Gasteiger partial charge < -0.3 is 0 Å². The molecule has 0 spiro atoms. The van der Waals surface area contributed by atoms with Crippen molar-refractivity contribution < 1.29 is 0 Å². The fourth-order valence-electron chi connectivity index (χ4n) is 1.52. The molecule has 0 aromatic rings. The molecule has 0 heteroatoms. The Balaban J connectivity index is 3.20. The normalized spacial score (nSPS) is 13.4. The van der Waals surface area contributed by atoms with Crippen LogP contribution in [0.3, 0.4) is 0 Å². The third kappa shape index (κ3) is 6.40. The van der Waals surface area contributed by atoms with Crippen LogP contribution in [0, 0.1) is 12.3 Å². The van der Waals surface area contributed by atoms with Crippen LogP contribution in [0.5, 0.6) is 0 Å². The van der Waals surface area contributed by atoms with Crippen LogP contribution in [0.1, 0.15) is 59.3 Å². The van der Waals surface area contributed by atoms with Gasteiger partial charge in [0.2, 0.25) is 0 Å². The summed E-state index contributed by atoms with van der Waals surface area (Å²) in [4.78, 5) is 0. The van der Waals surface area contributed by atoms with Crippen LogP contribution < -0.4 is 0 Å². The Kier molecular flexibility index (Phi) is 8.10. The van der Waals surface area contributed by atoms with Gasteiger partial charge in [0.05, 0.1) is 0 Å². The monoisotopic (exact) mass is 155 g/mol. The van der Waals surface area contributed by atoms with Crippen molar-refractivity contribution in [1.29, 1.82) is 0 Å². The molecule has 0 bridgehead atoms. The van der Waals surface area contributed by atoms with Crippen molar-refractivity contribution in [1.82, 2.24) is 0 Å². The summed E-state index contributed by atoms with van der Waals surface area (Å²) in [5.41, 5.74) is 0. The fourth-order valence-corrected chi connectivity index (χ4v) is 1.52. The van der Waals surface area contributed by atoms with Crippen LogP contribution in [0.25, 0.3) is 0 Å². The molecule has 0 aromatic heterocycles. The Labute approximate surface area is 72.4 Å². The average Bonchev–Trinajstić information content (AvgIpc) is 2.03. The highest BCUT2D eigenvalue weighted by Crippen LogP contribution is 2.17. The standard InChI is InChI=1S/C11H23/c1-4-7-8-10-11(6-3)9-5-2/h7,11H,4-6,8-10H2,1-3H3. The van der Waals surface area contributed by atoms with E-state index in [0.29, 0.717) is 0 Å². The molecular weight excluding hydrogens is 132 g/mol. The molecule has 0 heterocycles. The topological polar surface area (TPSA) is 0 Å². The molecule has 0 fully saturated rings. The van der Waals surface area contributed by atoms with E-state index in [9.17, 15) is 0 Å². The maximum Gasteiger partial charge on any atom is -0.0388 e. The molecular formula is C11H23. The van der Waals surface area contributed by atoms with Crippen molar-refractivity contribution in [3.8, 4) is 0 Å². The van der Waals surface area contributed by atoms with Gasteiger partial charge in [-0.05, 0) is 18.8 Å². The van der Waals surface area contributed by atoms with Crippen LogP contribution in [0.15, 0.2) is 0 Å². The van der Waals surface area contributed by atoms with Crippen LogP contribution in [-0.4, -0.2) is 0 Å². The molecule has 0 nitrogen and oxygen atoms in total. The first-order chi connectivity index (χ1) is 5.35. The predicted molar refractivity (Wildman–Crippen MR) is 52.5 cm³/mol. The Morgan fingerprint density at radius 3 is 2.27 bits per heavy atom. The van der Waals surface area contributed by atoms with Gasteiger partial charge in [-0.25, -0.2) is 0 Å². The lowest BCUT2D eigenvalue weighted by Crippen LogP contribution is -1.97. The Hall–Kier alpha value is 0. The molecule has 11 heavy (non-hydrogen) atoms. The van der Waals surface area contributed by atoms with Crippen LogP contribution >= 0.6 is 0 Å². The Morgan fingerprint density at radius 2 is 1.82 bits per heavy atom. The Morgan fingerprint density at radius 1 is 1.09 bits per heavy atom. The number of unbranched alkanes of at least 4 members (excludes halogenated alkanes) is 2. The molecule has 0 saturated carbocycles. The third-order valence-electron chi connectivity index (χ3n) is 2.34. The van der Waals surface area contributed by atoms with Crippen LogP contribution in [0.4, 0.5) is 0 Å². The third-order valence-corrected chi connectivity index (χ3v) is 2.34. The molecule has 0 aliphatic carbocycles. The lowest BCUT2D eigenvalue weighted by Gasteiger charge is -2.12. The quantitative estimate of drug-likeness (QED) is 0.483. The largest absolute Gasteiger partial charge is 0.0654 e. The van der Waals surface area contributed by atoms with Gasteiger partial charge in [0, 0.05) is 0 Å². The van der Waals surface area contributed by atoms with Gasteiger partial charge in [-0.1, -0.05) is 52.9 Å². The Bertz CT molecular complexity index is 66.4. The maximum absolute atomic E-state index is 2.40. The summed E-state index contributed by atoms with van der Waals surface area (Å²) in [6, 6.07) is 0. The van der Waals surface area contributed by atoms with Crippen molar-refractivity contribution in [2.24, 2.45) is 5.92 Å². The molecule has 0 saturated heterocycles. The second-order valence-electron chi connectivity index (χ2n) is 3.34.